The average molecular weight is 411 g/mol. The van der Waals surface area contributed by atoms with Crippen LogP contribution in [0.25, 0.3) is 0 Å². The van der Waals surface area contributed by atoms with E-state index in [0.29, 0.717) is 49.6 Å². The molecule has 158 valence electrons. The number of esters is 1. The Labute approximate surface area is 174 Å². The van der Waals surface area contributed by atoms with E-state index in [1.54, 1.807) is 19.1 Å². The molecule has 1 fully saturated rings. The topological polar surface area (TPSA) is 109 Å². The van der Waals surface area contributed by atoms with Crippen LogP contribution in [0, 0.1) is 12.8 Å². The van der Waals surface area contributed by atoms with Crippen LogP contribution in [0.1, 0.15) is 46.0 Å². The molecule has 8 nitrogen and oxygen atoms in total. The van der Waals surface area contributed by atoms with Gasteiger partial charge in [-0.25, -0.2) is 9.78 Å². The van der Waals surface area contributed by atoms with E-state index in [1.807, 2.05) is 24.0 Å². The molecular formula is C22H25N3O5. The van der Waals surface area contributed by atoms with Crippen molar-refractivity contribution in [3.63, 3.8) is 0 Å². The van der Waals surface area contributed by atoms with Crippen LogP contribution in [0.15, 0.2) is 36.5 Å². The fraction of sp³-hybridized carbons (Fsp3) is 0.364. The van der Waals surface area contributed by atoms with Crippen molar-refractivity contribution >= 4 is 29.4 Å². The molecule has 30 heavy (non-hydrogen) atoms. The van der Waals surface area contributed by atoms with Crippen molar-refractivity contribution in [2.24, 2.45) is 5.92 Å². The zero-order valence-corrected chi connectivity index (χ0v) is 17.1. The highest BCUT2D eigenvalue weighted by Gasteiger charge is 2.28. The van der Waals surface area contributed by atoms with Gasteiger partial charge in [-0.1, -0.05) is 17.7 Å². The first-order valence-electron chi connectivity index (χ1n) is 9.92. The van der Waals surface area contributed by atoms with Gasteiger partial charge in [0, 0.05) is 18.7 Å². The lowest BCUT2D eigenvalue weighted by Gasteiger charge is -2.32. The van der Waals surface area contributed by atoms with Crippen LogP contribution in [-0.2, 0) is 9.53 Å². The molecule has 0 unspecified atom stereocenters. The summed E-state index contributed by atoms with van der Waals surface area (Å²) in [6.45, 7) is 5.06. The monoisotopic (exact) mass is 411 g/mol. The molecule has 0 bridgehead atoms. The van der Waals surface area contributed by atoms with Crippen molar-refractivity contribution in [1.29, 1.82) is 0 Å². The molecule has 2 aromatic rings. The minimum atomic E-state index is -1.13. The van der Waals surface area contributed by atoms with Crippen molar-refractivity contribution in [1.82, 2.24) is 4.98 Å². The molecular weight excluding hydrogens is 386 g/mol. The molecule has 1 aromatic carbocycles. The lowest BCUT2D eigenvalue weighted by molar-refractivity contribution is -0.148. The normalized spacial score (nSPS) is 14.3. The van der Waals surface area contributed by atoms with Gasteiger partial charge in [-0.15, -0.1) is 0 Å². The molecule has 1 amide bonds. The number of hydrogen-bond donors (Lipinski definition) is 2. The van der Waals surface area contributed by atoms with Gasteiger partial charge in [0.25, 0.3) is 5.91 Å². The number of amides is 1. The van der Waals surface area contributed by atoms with Crippen molar-refractivity contribution in [2.75, 3.05) is 29.9 Å². The second-order valence-corrected chi connectivity index (χ2v) is 7.23. The standard InChI is InChI=1S/C22H25N3O5/c1-3-30-22(29)16-8-10-25(11-9-16)19-18(21(27)28)12-17(13-23-19)24-20(26)15-6-4-14(2)5-7-15/h4-7,12-13,16H,3,8-11H2,1-2H3,(H,24,26)(H,27,28). The second-order valence-electron chi connectivity index (χ2n) is 7.23. The fourth-order valence-corrected chi connectivity index (χ4v) is 3.43. The van der Waals surface area contributed by atoms with E-state index in [-0.39, 0.29) is 23.4 Å². The smallest absolute Gasteiger partial charge is 0.339 e. The van der Waals surface area contributed by atoms with Crippen LogP contribution in [0.3, 0.4) is 0 Å². The van der Waals surface area contributed by atoms with Gasteiger partial charge in [-0.05, 0) is 44.9 Å². The first kappa shape index (κ1) is 21.3. The number of pyridine rings is 1. The van der Waals surface area contributed by atoms with Gasteiger partial charge in [0.05, 0.1) is 24.4 Å². The van der Waals surface area contributed by atoms with Crippen molar-refractivity contribution in [2.45, 2.75) is 26.7 Å². The van der Waals surface area contributed by atoms with Crippen LogP contribution in [-0.4, -0.2) is 47.6 Å². The minimum absolute atomic E-state index is 0.00582. The first-order chi connectivity index (χ1) is 14.4. The Balaban J connectivity index is 1.73. The number of carbonyl (C=O) groups excluding carboxylic acids is 2. The number of ether oxygens (including phenoxy) is 1. The summed E-state index contributed by atoms with van der Waals surface area (Å²) in [6, 6.07) is 8.49. The zero-order chi connectivity index (χ0) is 21.7. The predicted molar refractivity (Wildman–Crippen MR) is 112 cm³/mol. The number of benzene rings is 1. The highest BCUT2D eigenvalue weighted by atomic mass is 16.5. The maximum Gasteiger partial charge on any atom is 0.339 e. The summed E-state index contributed by atoms with van der Waals surface area (Å²) < 4.78 is 5.07. The maximum atomic E-state index is 12.4. The third-order valence-corrected chi connectivity index (χ3v) is 5.08. The number of hydrogen-bond acceptors (Lipinski definition) is 6. The second kappa shape index (κ2) is 9.39. The van der Waals surface area contributed by atoms with Gasteiger partial charge >= 0.3 is 11.9 Å². The molecule has 8 heteroatoms. The highest BCUT2D eigenvalue weighted by molar-refractivity contribution is 6.05. The Morgan fingerprint density at radius 3 is 2.47 bits per heavy atom. The van der Waals surface area contributed by atoms with Crippen molar-refractivity contribution in [3.8, 4) is 0 Å². The Hall–Kier alpha value is -3.42. The number of anilines is 2. The number of aromatic carboxylic acids is 1. The number of aryl methyl sites for hydroxylation is 1. The molecule has 1 aliphatic heterocycles. The molecule has 1 aromatic heterocycles. The molecule has 1 saturated heterocycles. The third kappa shape index (κ3) is 4.94. The Kier molecular flexibility index (Phi) is 6.66. The number of carboxylic acid groups (broad SMARTS) is 1. The quantitative estimate of drug-likeness (QED) is 0.703. The number of nitrogens with one attached hydrogen (secondary N) is 1. The van der Waals surface area contributed by atoms with Crippen LogP contribution in [0.5, 0.6) is 0 Å². The average Bonchev–Trinajstić information content (AvgIpc) is 2.74. The van der Waals surface area contributed by atoms with E-state index >= 15 is 0 Å². The molecule has 0 radical (unpaired) electrons. The first-order valence-corrected chi connectivity index (χ1v) is 9.92. The van der Waals surface area contributed by atoms with Crippen LogP contribution >= 0.6 is 0 Å². The lowest BCUT2D eigenvalue weighted by atomic mass is 9.96. The molecule has 0 spiro atoms. The van der Waals surface area contributed by atoms with Gasteiger partial charge < -0.3 is 20.1 Å². The van der Waals surface area contributed by atoms with Gasteiger partial charge in [0.2, 0.25) is 0 Å². The predicted octanol–water partition coefficient (Wildman–Crippen LogP) is 3.12. The van der Waals surface area contributed by atoms with Crippen molar-refractivity contribution in [3.05, 3.63) is 53.2 Å². The van der Waals surface area contributed by atoms with E-state index in [0.717, 1.165) is 5.56 Å². The number of nitrogens with zero attached hydrogens (tertiary/aromatic N) is 2. The highest BCUT2D eigenvalue weighted by Crippen LogP contribution is 2.27. The minimum Gasteiger partial charge on any atom is -0.478 e. The van der Waals surface area contributed by atoms with Gasteiger partial charge in [-0.3, -0.25) is 9.59 Å². The number of rotatable bonds is 6. The number of carbonyl (C=O) groups is 3. The van der Waals surface area contributed by atoms with Crippen LogP contribution in [0.4, 0.5) is 11.5 Å². The third-order valence-electron chi connectivity index (χ3n) is 5.08. The van der Waals surface area contributed by atoms with E-state index in [1.165, 1.54) is 12.3 Å². The molecule has 0 saturated carbocycles. The summed E-state index contributed by atoms with van der Waals surface area (Å²) in [5.41, 5.74) is 1.83. The summed E-state index contributed by atoms with van der Waals surface area (Å²) in [5, 5.41) is 12.4. The van der Waals surface area contributed by atoms with Crippen LogP contribution < -0.4 is 10.2 Å². The number of carboxylic acids is 1. The Morgan fingerprint density at radius 1 is 1.20 bits per heavy atom. The largest absolute Gasteiger partial charge is 0.478 e. The van der Waals surface area contributed by atoms with E-state index < -0.39 is 5.97 Å². The lowest BCUT2D eigenvalue weighted by Crippen LogP contribution is -2.38. The van der Waals surface area contributed by atoms with Gasteiger partial charge in [-0.2, -0.15) is 0 Å². The maximum absolute atomic E-state index is 12.4. The summed E-state index contributed by atoms with van der Waals surface area (Å²) in [6.07, 6.45) is 2.60. The van der Waals surface area contributed by atoms with E-state index in [9.17, 15) is 19.5 Å². The molecule has 2 N–H and O–H groups in total. The number of aromatic nitrogens is 1. The van der Waals surface area contributed by atoms with E-state index in [4.69, 9.17) is 4.74 Å². The summed E-state index contributed by atoms with van der Waals surface area (Å²) in [7, 11) is 0. The summed E-state index contributed by atoms with van der Waals surface area (Å²) in [4.78, 5) is 42.3. The SMILES string of the molecule is CCOC(=O)C1CCN(c2ncc(NC(=O)c3ccc(C)cc3)cc2C(=O)O)CC1. The van der Waals surface area contributed by atoms with E-state index in [2.05, 4.69) is 10.3 Å². The molecule has 2 heterocycles. The molecule has 0 aliphatic carbocycles. The summed E-state index contributed by atoms with van der Waals surface area (Å²) >= 11 is 0. The zero-order valence-electron chi connectivity index (χ0n) is 17.1. The van der Waals surface area contributed by atoms with Gasteiger partial charge in [0.15, 0.2) is 0 Å². The fourth-order valence-electron chi connectivity index (χ4n) is 3.43. The van der Waals surface area contributed by atoms with Crippen molar-refractivity contribution < 1.29 is 24.2 Å². The number of piperidine rings is 1. The molecule has 3 rings (SSSR count). The van der Waals surface area contributed by atoms with Crippen LogP contribution in [0.2, 0.25) is 0 Å². The Bertz CT molecular complexity index is 934. The summed E-state index contributed by atoms with van der Waals surface area (Å²) in [5.74, 6) is -1.52. The molecule has 1 aliphatic rings. The molecule has 0 atom stereocenters. The van der Waals surface area contributed by atoms with Gasteiger partial charge in [0.1, 0.15) is 11.4 Å². The Morgan fingerprint density at radius 2 is 1.87 bits per heavy atom.